The Bertz CT molecular complexity index is 952. The van der Waals surface area contributed by atoms with E-state index in [1.54, 1.807) is 0 Å². The molecule has 6 nitrogen and oxygen atoms in total. The molecule has 1 aromatic carbocycles. The molecule has 2 heterocycles. The molecule has 0 spiro atoms. The number of nitrogens with one attached hydrogen (secondary N) is 3. The molecular formula is C11H6FN3O3. The number of pyridine rings is 1. The lowest BCUT2D eigenvalue weighted by atomic mass is 10.1. The standard InChI is InChI=1S/C11H6FN3O3/c12-4-1-2-5-6(3-4)13-8-7(9(5)16)10(17)14-15-11(8)18/h1-3H,(H,13,16)(H,14,17)(H,15,18). The second-order valence-electron chi connectivity index (χ2n) is 3.80. The number of hydrogen-bond donors (Lipinski definition) is 3. The highest BCUT2D eigenvalue weighted by Gasteiger charge is 2.11. The van der Waals surface area contributed by atoms with Gasteiger partial charge in [-0.15, -0.1) is 0 Å². The molecule has 0 radical (unpaired) electrons. The van der Waals surface area contributed by atoms with E-state index in [0.717, 1.165) is 12.1 Å². The zero-order chi connectivity index (χ0) is 12.9. The summed E-state index contributed by atoms with van der Waals surface area (Å²) in [6, 6.07) is 3.48. The van der Waals surface area contributed by atoms with Crippen molar-refractivity contribution in [1.29, 1.82) is 0 Å². The summed E-state index contributed by atoms with van der Waals surface area (Å²) in [7, 11) is 0. The number of hydrogen-bond acceptors (Lipinski definition) is 3. The van der Waals surface area contributed by atoms with Crippen molar-refractivity contribution in [2.75, 3.05) is 0 Å². The number of fused-ring (bicyclic) bond motifs is 2. The van der Waals surface area contributed by atoms with Gasteiger partial charge in [-0.1, -0.05) is 0 Å². The number of halogens is 1. The van der Waals surface area contributed by atoms with E-state index in [1.807, 2.05) is 0 Å². The number of benzene rings is 1. The first-order valence-corrected chi connectivity index (χ1v) is 5.04. The molecule has 3 N–H and O–H groups in total. The minimum atomic E-state index is -0.697. The van der Waals surface area contributed by atoms with Crippen LogP contribution in [0.3, 0.4) is 0 Å². The van der Waals surface area contributed by atoms with Crippen LogP contribution in [0.1, 0.15) is 0 Å². The molecule has 0 unspecified atom stereocenters. The lowest BCUT2D eigenvalue weighted by molar-refractivity contribution is 0.629. The Labute approximate surface area is 97.1 Å². The molecule has 0 bridgehead atoms. The number of H-pyrrole nitrogens is 3. The summed E-state index contributed by atoms with van der Waals surface area (Å²) in [6.45, 7) is 0. The number of aromatic nitrogens is 3. The second kappa shape index (κ2) is 3.39. The van der Waals surface area contributed by atoms with Crippen molar-refractivity contribution in [1.82, 2.24) is 15.2 Å². The topological polar surface area (TPSA) is 98.6 Å². The van der Waals surface area contributed by atoms with Crippen molar-refractivity contribution < 1.29 is 4.39 Å². The third-order valence-corrected chi connectivity index (χ3v) is 2.71. The Kier molecular flexibility index (Phi) is 1.97. The van der Waals surface area contributed by atoms with Gasteiger partial charge in [0.05, 0.1) is 5.52 Å². The summed E-state index contributed by atoms with van der Waals surface area (Å²) < 4.78 is 13.1. The van der Waals surface area contributed by atoms with Gasteiger partial charge in [0.1, 0.15) is 16.7 Å². The van der Waals surface area contributed by atoms with Crippen LogP contribution >= 0.6 is 0 Å². The van der Waals surface area contributed by atoms with Crippen molar-refractivity contribution in [2.45, 2.75) is 0 Å². The van der Waals surface area contributed by atoms with Gasteiger partial charge in [0, 0.05) is 5.39 Å². The molecule has 0 aliphatic rings. The normalized spacial score (nSPS) is 11.2. The average Bonchev–Trinajstić information content (AvgIpc) is 2.33. The molecular weight excluding hydrogens is 241 g/mol. The van der Waals surface area contributed by atoms with Crippen molar-refractivity contribution in [2.24, 2.45) is 0 Å². The van der Waals surface area contributed by atoms with Crippen molar-refractivity contribution >= 4 is 21.8 Å². The Hall–Kier alpha value is -2.70. The van der Waals surface area contributed by atoms with Gasteiger partial charge < -0.3 is 4.98 Å². The van der Waals surface area contributed by atoms with Gasteiger partial charge in [-0.2, -0.15) is 0 Å². The molecule has 90 valence electrons. The highest BCUT2D eigenvalue weighted by Crippen LogP contribution is 2.11. The van der Waals surface area contributed by atoms with Crippen LogP contribution in [-0.4, -0.2) is 15.2 Å². The quantitative estimate of drug-likeness (QED) is 0.495. The van der Waals surface area contributed by atoms with Gasteiger partial charge in [0.15, 0.2) is 0 Å². The highest BCUT2D eigenvalue weighted by atomic mass is 19.1. The molecule has 3 rings (SSSR count). The van der Waals surface area contributed by atoms with Crippen LogP contribution in [0.2, 0.25) is 0 Å². The van der Waals surface area contributed by atoms with E-state index < -0.39 is 22.4 Å². The van der Waals surface area contributed by atoms with Gasteiger partial charge in [-0.05, 0) is 18.2 Å². The third-order valence-electron chi connectivity index (χ3n) is 2.71. The van der Waals surface area contributed by atoms with Crippen LogP contribution < -0.4 is 16.5 Å². The summed E-state index contributed by atoms with van der Waals surface area (Å²) in [5, 5.41) is 4.05. The van der Waals surface area contributed by atoms with Gasteiger partial charge in [-0.3, -0.25) is 24.6 Å². The van der Waals surface area contributed by atoms with Gasteiger partial charge in [0.25, 0.3) is 11.1 Å². The van der Waals surface area contributed by atoms with E-state index >= 15 is 0 Å². The smallest absolute Gasteiger partial charge is 0.287 e. The lowest BCUT2D eigenvalue weighted by Gasteiger charge is -2.00. The number of rotatable bonds is 0. The molecule has 0 saturated heterocycles. The molecule has 0 saturated carbocycles. The van der Waals surface area contributed by atoms with Crippen LogP contribution in [-0.2, 0) is 0 Å². The molecule has 2 aromatic heterocycles. The molecule has 0 fully saturated rings. The van der Waals surface area contributed by atoms with Gasteiger partial charge >= 0.3 is 0 Å². The molecule has 0 atom stereocenters. The maximum atomic E-state index is 13.1. The van der Waals surface area contributed by atoms with Crippen LogP contribution in [0.25, 0.3) is 21.8 Å². The molecule has 0 aliphatic carbocycles. The fourth-order valence-corrected chi connectivity index (χ4v) is 1.89. The Morgan fingerprint density at radius 1 is 1.00 bits per heavy atom. The maximum Gasteiger partial charge on any atom is 0.287 e. The first-order chi connectivity index (χ1) is 8.58. The largest absolute Gasteiger partial charge is 0.350 e. The summed E-state index contributed by atoms with van der Waals surface area (Å²) >= 11 is 0. The van der Waals surface area contributed by atoms with Crippen molar-refractivity contribution in [3.05, 3.63) is 54.9 Å². The molecule has 3 aromatic rings. The Morgan fingerprint density at radius 2 is 1.72 bits per heavy atom. The molecule has 7 heteroatoms. The van der Waals surface area contributed by atoms with Crippen LogP contribution in [0.5, 0.6) is 0 Å². The lowest BCUT2D eigenvalue weighted by Crippen LogP contribution is -2.25. The Morgan fingerprint density at radius 3 is 2.50 bits per heavy atom. The first kappa shape index (κ1) is 10.5. The van der Waals surface area contributed by atoms with E-state index in [-0.39, 0.29) is 21.8 Å². The minimum absolute atomic E-state index is 0.153. The maximum absolute atomic E-state index is 13.1. The number of aromatic amines is 3. The average molecular weight is 247 g/mol. The second-order valence-corrected chi connectivity index (χ2v) is 3.80. The third kappa shape index (κ3) is 1.30. The van der Waals surface area contributed by atoms with Crippen LogP contribution in [0, 0.1) is 5.82 Å². The zero-order valence-electron chi connectivity index (χ0n) is 8.83. The molecule has 0 amide bonds. The summed E-state index contributed by atoms with van der Waals surface area (Å²) in [4.78, 5) is 37.7. The van der Waals surface area contributed by atoms with Crippen molar-refractivity contribution in [3.63, 3.8) is 0 Å². The van der Waals surface area contributed by atoms with E-state index in [9.17, 15) is 18.8 Å². The monoisotopic (exact) mass is 247 g/mol. The van der Waals surface area contributed by atoms with Gasteiger partial charge in [-0.25, -0.2) is 4.39 Å². The van der Waals surface area contributed by atoms with Crippen molar-refractivity contribution in [3.8, 4) is 0 Å². The van der Waals surface area contributed by atoms with E-state index in [4.69, 9.17) is 0 Å². The molecule has 0 aliphatic heterocycles. The van der Waals surface area contributed by atoms with Crippen LogP contribution in [0.15, 0.2) is 32.6 Å². The fraction of sp³-hybridized carbons (Fsp3) is 0. The Balaban J connectivity index is 2.74. The van der Waals surface area contributed by atoms with E-state index in [0.29, 0.717) is 0 Å². The fourth-order valence-electron chi connectivity index (χ4n) is 1.89. The summed E-state index contributed by atoms with van der Waals surface area (Å²) in [5.41, 5.74) is -1.94. The minimum Gasteiger partial charge on any atom is -0.350 e. The summed E-state index contributed by atoms with van der Waals surface area (Å²) in [6.07, 6.45) is 0. The van der Waals surface area contributed by atoms with E-state index in [2.05, 4.69) is 15.2 Å². The first-order valence-electron chi connectivity index (χ1n) is 5.04. The SMILES string of the molecule is O=c1[nH][nH]c(=O)c2c(=O)c3ccc(F)cc3[nH]c12. The highest BCUT2D eigenvalue weighted by molar-refractivity contribution is 5.91. The predicted molar refractivity (Wildman–Crippen MR) is 63.3 cm³/mol. The predicted octanol–water partition coefficient (Wildman–Crippen LogP) is 0.197. The van der Waals surface area contributed by atoms with E-state index in [1.165, 1.54) is 6.07 Å². The molecule has 18 heavy (non-hydrogen) atoms. The van der Waals surface area contributed by atoms with Crippen LogP contribution in [0.4, 0.5) is 4.39 Å². The summed E-state index contributed by atoms with van der Waals surface area (Å²) in [5.74, 6) is -0.543. The van der Waals surface area contributed by atoms with Gasteiger partial charge in [0.2, 0.25) is 5.43 Å². The zero-order valence-corrected chi connectivity index (χ0v) is 8.83.